The van der Waals surface area contributed by atoms with Gasteiger partial charge in [0, 0.05) is 7.05 Å². The summed E-state index contributed by atoms with van der Waals surface area (Å²) in [5.41, 5.74) is 2.40. The second-order valence-corrected chi connectivity index (χ2v) is 6.60. The average molecular weight is 365 g/mol. The molecule has 0 spiro atoms. The van der Waals surface area contributed by atoms with Crippen molar-refractivity contribution in [2.45, 2.75) is 26.4 Å². The second kappa shape index (κ2) is 7.61. The summed E-state index contributed by atoms with van der Waals surface area (Å²) in [5.74, 6) is 0.609. The Kier molecular flexibility index (Phi) is 5.26. The first-order chi connectivity index (χ1) is 12.9. The summed E-state index contributed by atoms with van der Waals surface area (Å²) in [5, 5.41) is 0.524. The maximum Gasteiger partial charge on any atom is 0.261 e. The molecule has 0 aliphatic carbocycles. The maximum atomic E-state index is 12.7. The quantitative estimate of drug-likeness (QED) is 0.697. The highest BCUT2D eigenvalue weighted by atomic mass is 16.5. The Bertz CT molecular complexity index is 1030. The smallest absolute Gasteiger partial charge is 0.261 e. The molecular formula is C21H23N3O3. The van der Waals surface area contributed by atoms with Gasteiger partial charge in [0.15, 0.2) is 0 Å². The van der Waals surface area contributed by atoms with Gasteiger partial charge in [-0.15, -0.1) is 0 Å². The van der Waals surface area contributed by atoms with Gasteiger partial charge in [0.25, 0.3) is 5.56 Å². The maximum absolute atomic E-state index is 12.7. The molecular weight excluding hydrogens is 342 g/mol. The number of carbonyl (C=O) groups excluding carboxylic acids is 1. The van der Waals surface area contributed by atoms with E-state index in [4.69, 9.17) is 4.74 Å². The third-order valence-corrected chi connectivity index (χ3v) is 4.93. The Labute approximate surface area is 158 Å². The number of aryl methyl sites for hydroxylation is 1. The Morgan fingerprint density at radius 1 is 1.22 bits per heavy atom. The number of carbonyl (C=O) groups is 1. The van der Waals surface area contributed by atoms with Crippen LogP contribution in [0, 0.1) is 6.92 Å². The number of aromatic nitrogens is 2. The van der Waals surface area contributed by atoms with Crippen molar-refractivity contribution in [1.82, 2.24) is 14.5 Å². The van der Waals surface area contributed by atoms with Crippen LogP contribution in [0.4, 0.5) is 0 Å². The molecule has 6 nitrogen and oxygen atoms in total. The van der Waals surface area contributed by atoms with Gasteiger partial charge < -0.3 is 9.64 Å². The van der Waals surface area contributed by atoms with Crippen LogP contribution in [-0.4, -0.2) is 34.5 Å². The number of hydrogen-bond acceptors (Lipinski definition) is 4. The lowest BCUT2D eigenvalue weighted by Gasteiger charge is -2.26. The molecule has 27 heavy (non-hydrogen) atoms. The van der Waals surface area contributed by atoms with E-state index >= 15 is 0 Å². The van der Waals surface area contributed by atoms with Crippen molar-refractivity contribution < 1.29 is 9.53 Å². The zero-order chi connectivity index (χ0) is 19.6. The predicted octanol–water partition coefficient (Wildman–Crippen LogP) is 2.93. The van der Waals surface area contributed by atoms with Crippen LogP contribution in [0.1, 0.15) is 24.1 Å². The molecule has 3 aromatic rings. The zero-order valence-electron chi connectivity index (χ0n) is 16.0. The van der Waals surface area contributed by atoms with Crippen molar-refractivity contribution in [3.63, 3.8) is 0 Å². The number of ether oxygens (including phenoxy) is 1. The number of amides is 1. The van der Waals surface area contributed by atoms with Crippen molar-refractivity contribution >= 4 is 16.8 Å². The molecule has 0 bridgehead atoms. The standard InChI is InChI=1S/C21H23N3O3/c1-14-6-5-7-18-20(14)22-13-24(21(18)26)12-19(25)23(3)15(2)16-8-10-17(27-4)11-9-16/h5-11,13,15H,12H2,1-4H3. The minimum Gasteiger partial charge on any atom is -0.497 e. The van der Waals surface area contributed by atoms with Crippen LogP contribution in [0.15, 0.2) is 53.6 Å². The van der Waals surface area contributed by atoms with Gasteiger partial charge in [-0.2, -0.15) is 0 Å². The monoisotopic (exact) mass is 365 g/mol. The van der Waals surface area contributed by atoms with Crippen molar-refractivity contribution in [2.75, 3.05) is 14.2 Å². The number of likely N-dealkylation sites (N-methyl/N-ethyl adjacent to an activating group) is 1. The zero-order valence-corrected chi connectivity index (χ0v) is 16.0. The first kappa shape index (κ1) is 18.6. The number of para-hydroxylation sites is 1. The van der Waals surface area contributed by atoms with E-state index in [1.165, 1.54) is 10.9 Å². The van der Waals surface area contributed by atoms with Crippen molar-refractivity contribution in [3.05, 3.63) is 70.3 Å². The van der Waals surface area contributed by atoms with Gasteiger partial charge in [-0.25, -0.2) is 4.98 Å². The molecule has 0 saturated carbocycles. The van der Waals surface area contributed by atoms with Crippen molar-refractivity contribution in [1.29, 1.82) is 0 Å². The molecule has 0 radical (unpaired) electrons. The third kappa shape index (κ3) is 3.69. The normalized spacial score (nSPS) is 12.0. The third-order valence-electron chi connectivity index (χ3n) is 4.93. The molecule has 0 aliphatic rings. The SMILES string of the molecule is COc1ccc(C(C)N(C)C(=O)Cn2cnc3c(C)cccc3c2=O)cc1. The Morgan fingerprint density at radius 2 is 1.93 bits per heavy atom. The van der Waals surface area contributed by atoms with Gasteiger partial charge >= 0.3 is 0 Å². The van der Waals surface area contributed by atoms with Gasteiger partial charge in [-0.05, 0) is 43.2 Å². The molecule has 3 rings (SSSR count). The van der Waals surface area contributed by atoms with Crippen LogP contribution in [0.5, 0.6) is 5.75 Å². The molecule has 1 amide bonds. The summed E-state index contributed by atoms with van der Waals surface area (Å²) < 4.78 is 6.53. The van der Waals surface area contributed by atoms with E-state index in [2.05, 4.69) is 4.98 Å². The number of methoxy groups -OCH3 is 1. The molecule has 0 saturated heterocycles. The minimum absolute atomic E-state index is 0.0489. The first-order valence-corrected chi connectivity index (χ1v) is 8.76. The van der Waals surface area contributed by atoms with Gasteiger partial charge in [0.1, 0.15) is 12.3 Å². The molecule has 6 heteroatoms. The summed E-state index contributed by atoms with van der Waals surface area (Å²) in [6.07, 6.45) is 1.45. The summed E-state index contributed by atoms with van der Waals surface area (Å²) in [4.78, 5) is 31.4. The average Bonchev–Trinajstić information content (AvgIpc) is 2.69. The van der Waals surface area contributed by atoms with Crippen LogP contribution in [0.2, 0.25) is 0 Å². The molecule has 1 unspecified atom stereocenters. The fourth-order valence-electron chi connectivity index (χ4n) is 3.03. The van der Waals surface area contributed by atoms with Crippen LogP contribution < -0.4 is 10.3 Å². The van der Waals surface area contributed by atoms with E-state index in [0.717, 1.165) is 16.9 Å². The Hall–Kier alpha value is -3.15. The lowest BCUT2D eigenvalue weighted by atomic mass is 10.1. The van der Waals surface area contributed by atoms with Gasteiger partial charge in [0.2, 0.25) is 5.91 Å². The molecule has 1 atom stereocenters. The topological polar surface area (TPSA) is 64.4 Å². The predicted molar refractivity (Wildman–Crippen MR) is 105 cm³/mol. The van der Waals surface area contributed by atoms with E-state index < -0.39 is 0 Å². The Morgan fingerprint density at radius 3 is 2.59 bits per heavy atom. The highest BCUT2D eigenvalue weighted by Crippen LogP contribution is 2.22. The molecule has 140 valence electrons. The molecule has 1 aromatic heterocycles. The van der Waals surface area contributed by atoms with E-state index in [1.54, 1.807) is 25.1 Å². The van der Waals surface area contributed by atoms with Crippen LogP contribution in [0.25, 0.3) is 10.9 Å². The van der Waals surface area contributed by atoms with Crippen molar-refractivity contribution in [2.24, 2.45) is 0 Å². The molecule has 1 heterocycles. The van der Waals surface area contributed by atoms with Crippen molar-refractivity contribution in [3.8, 4) is 5.75 Å². The number of nitrogens with zero attached hydrogens (tertiary/aromatic N) is 3. The van der Waals surface area contributed by atoms with E-state index in [0.29, 0.717) is 10.9 Å². The number of benzene rings is 2. The summed E-state index contributed by atoms with van der Waals surface area (Å²) in [6.45, 7) is 3.81. The van der Waals surface area contributed by atoms with E-state index in [-0.39, 0.29) is 24.1 Å². The lowest BCUT2D eigenvalue weighted by Crippen LogP contribution is -2.35. The largest absolute Gasteiger partial charge is 0.497 e. The van der Waals surface area contributed by atoms with Gasteiger partial charge in [-0.3, -0.25) is 14.2 Å². The lowest BCUT2D eigenvalue weighted by molar-refractivity contribution is -0.132. The van der Waals surface area contributed by atoms with Crippen LogP contribution in [0.3, 0.4) is 0 Å². The minimum atomic E-state index is -0.206. The first-order valence-electron chi connectivity index (χ1n) is 8.76. The highest BCUT2D eigenvalue weighted by Gasteiger charge is 2.19. The Balaban J connectivity index is 1.80. The summed E-state index contributed by atoms with van der Waals surface area (Å²) in [7, 11) is 3.35. The van der Waals surface area contributed by atoms with Gasteiger partial charge in [0.05, 0.1) is 30.4 Å². The van der Waals surface area contributed by atoms with Crippen LogP contribution in [-0.2, 0) is 11.3 Å². The summed E-state index contributed by atoms with van der Waals surface area (Å²) >= 11 is 0. The fourth-order valence-corrected chi connectivity index (χ4v) is 3.03. The number of rotatable bonds is 5. The van der Waals surface area contributed by atoms with E-state index in [1.807, 2.05) is 50.2 Å². The number of fused-ring (bicyclic) bond motifs is 1. The molecule has 0 N–H and O–H groups in total. The second-order valence-electron chi connectivity index (χ2n) is 6.60. The van der Waals surface area contributed by atoms with Crippen LogP contribution >= 0.6 is 0 Å². The van der Waals surface area contributed by atoms with Gasteiger partial charge in [-0.1, -0.05) is 24.3 Å². The molecule has 0 fully saturated rings. The summed E-state index contributed by atoms with van der Waals surface area (Å²) in [6, 6.07) is 12.9. The molecule has 2 aromatic carbocycles. The highest BCUT2D eigenvalue weighted by molar-refractivity contribution is 5.81. The number of hydrogen-bond donors (Lipinski definition) is 0. The molecule has 0 aliphatic heterocycles. The van der Waals surface area contributed by atoms with E-state index in [9.17, 15) is 9.59 Å². The fraction of sp³-hybridized carbons (Fsp3) is 0.286.